The van der Waals surface area contributed by atoms with Gasteiger partial charge in [-0.05, 0) is 110 Å². The Morgan fingerprint density at radius 1 is 0.378 bits per heavy atom. The third-order valence-electron chi connectivity index (χ3n) is 13.9. The van der Waals surface area contributed by atoms with E-state index in [2.05, 4.69) is 52.5 Å². The van der Waals surface area contributed by atoms with Gasteiger partial charge in [-0.1, -0.05) is 58.5 Å². The van der Waals surface area contributed by atoms with Crippen LogP contribution in [-0.4, -0.2) is 212 Å². The second-order valence-electron chi connectivity index (χ2n) is 21.9. The Kier molecular flexibility index (Phi) is 44.3. The van der Waals surface area contributed by atoms with Crippen molar-refractivity contribution in [2.24, 2.45) is 0 Å². The molecule has 542 valence electrons. The first-order chi connectivity index (χ1) is 47.4. The number of amides is 6. The molecule has 4 aromatic rings. The number of carbonyl (C=O) groups excluding carboxylic acids is 6. The van der Waals surface area contributed by atoms with Gasteiger partial charge in [0, 0.05) is 84.3 Å². The van der Waals surface area contributed by atoms with Gasteiger partial charge in [0.25, 0.3) is 0 Å². The number of carbonyl (C=O) groups is 8. The number of halogens is 4. The second kappa shape index (κ2) is 52.0. The third-order valence-corrected chi connectivity index (χ3v) is 14.7. The molecule has 0 radical (unpaired) electrons. The largest absolute Gasteiger partial charge is 0.481 e. The number of benzene rings is 2. The monoisotopic (exact) mass is 1450 g/mol. The van der Waals surface area contributed by atoms with E-state index in [0.717, 1.165) is 11.6 Å². The number of hydrogen-bond donors (Lipinski definition) is 10. The zero-order valence-electron chi connectivity index (χ0n) is 54.9. The van der Waals surface area contributed by atoms with Crippen molar-refractivity contribution < 1.29 is 86.5 Å². The predicted octanol–water partition coefficient (Wildman–Crippen LogP) is 6.51. The van der Waals surface area contributed by atoms with Crippen LogP contribution in [0.25, 0.3) is 0 Å². The van der Waals surface area contributed by atoms with Crippen LogP contribution in [-0.2, 0) is 76.3 Å². The quantitative estimate of drug-likeness (QED) is 0.0210. The van der Waals surface area contributed by atoms with Crippen LogP contribution in [0.1, 0.15) is 100 Å². The molecule has 0 bridgehead atoms. The number of ether oxygens (including phenoxy) is 8. The van der Waals surface area contributed by atoms with Gasteiger partial charge in [-0.25, -0.2) is 9.97 Å². The summed E-state index contributed by atoms with van der Waals surface area (Å²) in [4.78, 5) is 110. The van der Waals surface area contributed by atoms with Crippen molar-refractivity contribution in [3.63, 3.8) is 0 Å². The number of hydrogen-bond acceptors (Lipinski definition) is 20. The van der Waals surface area contributed by atoms with E-state index in [-0.39, 0.29) is 162 Å². The number of aromatic nitrogens is 2. The van der Waals surface area contributed by atoms with E-state index in [4.69, 9.17) is 84.3 Å². The summed E-state index contributed by atoms with van der Waals surface area (Å²) in [5.41, 5.74) is 0.755. The number of carboxylic acids is 2. The fourth-order valence-electron chi connectivity index (χ4n) is 9.03. The maximum Gasteiger partial charge on any atom is 0.305 e. The predicted molar refractivity (Wildman–Crippen MR) is 367 cm³/mol. The maximum absolute atomic E-state index is 13.6. The average molecular weight is 1460 g/mol. The Hall–Kier alpha value is -7.06. The van der Waals surface area contributed by atoms with Crippen molar-refractivity contribution >= 4 is 105 Å². The van der Waals surface area contributed by atoms with Crippen molar-refractivity contribution in [2.45, 2.75) is 101 Å². The van der Waals surface area contributed by atoms with Gasteiger partial charge >= 0.3 is 11.9 Å². The van der Waals surface area contributed by atoms with Gasteiger partial charge in [0.2, 0.25) is 35.4 Å². The molecule has 32 heteroatoms. The first-order valence-corrected chi connectivity index (χ1v) is 33.9. The van der Waals surface area contributed by atoms with E-state index in [9.17, 15) is 48.6 Å². The summed E-state index contributed by atoms with van der Waals surface area (Å²) in [5.74, 6) is -3.31. The third kappa shape index (κ3) is 40.7. The van der Waals surface area contributed by atoms with Crippen molar-refractivity contribution in [1.82, 2.24) is 41.9 Å². The number of unbranched alkanes of at least 4 members (excludes halogenated alkanes) is 3. The summed E-state index contributed by atoms with van der Waals surface area (Å²) in [6.07, 6.45) is 6.62. The van der Waals surface area contributed by atoms with E-state index in [0.29, 0.717) is 89.0 Å². The molecule has 0 fully saturated rings. The van der Waals surface area contributed by atoms with Gasteiger partial charge in [0.1, 0.15) is 23.7 Å². The number of carboxylic acid groups (broad SMARTS) is 2. The molecule has 2 aromatic heterocycles. The highest BCUT2D eigenvalue weighted by atomic mass is 35.5. The summed E-state index contributed by atoms with van der Waals surface area (Å²) < 4.78 is 44.8. The van der Waals surface area contributed by atoms with Gasteiger partial charge in [-0.15, -0.1) is 0 Å². The van der Waals surface area contributed by atoms with Crippen LogP contribution in [0.4, 0.5) is 11.6 Å². The molecule has 0 saturated heterocycles. The molecule has 2 aromatic carbocycles. The van der Waals surface area contributed by atoms with Crippen LogP contribution in [0.5, 0.6) is 0 Å². The molecule has 0 aliphatic heterocycles. The Bertz CT molecular complexity index is 2740. The zero-order chi connectivity index (χ0) is 70.8. The van der Waals surface area contributed by atoms with Crippen LogP contribution >= 0.6 is 46.4 Å². The number of pyridine rings is 2. The molecule has 0 spiro atoms. The fraction of sp³-hybridized carbons (Fsp3) is 0.545. The topological polar surface area (TPSA) is 373 Å². The van der Waals surface area contributed by atoms with E-state index in [1.54, 1.807) is 12.4 Å². The summed E-state index contributed by atoms with van der Waals surface area (Å²) >= 11 is 24.7. The molecule has 0 aliphatic carbocycles. The van der Waals surface area contributed by atoms with E-state index < -0.39 is 60.8 Å². The Morgan fingerprint density at radius 2 is 0.694 bits per heavy atom. The number of rotatable bonds is 57. The summed E-state index contributed by atoms with van der Waals surface area (Å²) in [5, 5.41) is 43.0. The molecule has 6 amide bonds. The van der Waals surface area contributed by atoms with Crippen molar-refractivity contribution in [2.75, 3.05) is 143 Å². The lowest BCUT2D eigenvalue weighted by molar-refractivity contribution is -0.139. The minimum atomic E-state index is -1.18. The molecule has 0 saturated carbocycles. The van der Waals surface area contributed by atoms with Crippen LogP contribution in [0.3, 0.4) is 0 Å². The molecule has 4 rings (SSSR count). The highest BCUT2D eigenvalue weighted by Gasteiger charge is 2.28. The Balaban J connectivity index is 0.958. The zero-order valence-corrected chi connectivity index (χ0v) is 57.9. The van der Waals surface area contributed by atoms with Crippen LogP contribution in [0.15, 0.2) is 85.2 Å². The molecule has 98 heavy (non-hydrogen) atoms. The summed E-state index contributed by atoms with van der Waals surface area (Å²) in [7, 11) is 0. The Morgan fingerprint density at radius 3 is 1.02 bits per heavy atom. The minimum absolute atomic E-state index is 0.0802. The summed E-state index contributed by atoms with van der Waals surface area (Å²) in [6, 6.07) is 15.7. The second-order valence-corrected chi connectivity index (χ2v) is 23.6. The van der Waals surface area contributed by atoms with Crippen LogP contribution < -0.4 is 42.5 Å². The first-order valence-electron chi connectivity index (χ1n) is 32.4. The van der Waals surface area contributed by atoms with Crippen LogP contribution in [0, 0.1) is 0 Å². The van der Waals surface area contributed by atoms with Gasteiger partial charge < -0.3 is 90.6 Å². The number of nitrogens with zero attached hydrogens (tertiary/aromatic N) is 2. The standard InChI is InChI=1S/C66H92Cl4N10O18/c67-49-37-47(38-50(68)41-49)53(43-63(85)86)79-65(89)55(77-61(83)15-5-9-19-73-57-11-3-7-17-71-57)45-97-35-33-95-31-29-93-27-25-91-23-21-75-59(81)13-1-2-14-60(82)76-22-24-92-26-28-94-30-32-96-34-36-98-46-56(78-62(84)16-6-10-20-74-58-12-4-8-18-72-58)66(90)80-54(44-64(87)88)48-39-51(69)42-52(70)40-48/h3-4,7-8,11-12,17-18,37-42,53-56H,1-2,5-6,9-10,13-16,19-36,43-46H2,(H,71,73)(H,72,74)(H,75,81)(H,76,82)(H,77,83)(H,78,84)(H,79,89)(H,80,90)(H,85,86)(H,87,88). The summed E-state index contributed by atoms with van der Waals surface area (Å²) in [6.45, 7) is 4.57. The van der Waals surface area contributed by atoms with E-state index in [1.807, 2.05) is 36.4 Å². The highest BCUT2D eigenvalue weighted by Crippen LogP contribution is 2.27. The van der Waals surface area contributed by atoms with Gasteiger partial charge in [-0.3, -0.25) is 38.4 Å². The number of nitrogens with one attached hydrogen (secondary N) is 8. The number of anilines is 2. The molecule has 2 heterocycles. The Labute approximate surface area is 591 Å². The van der Waals surface area contributed by atoms with Gasteiger partial charge in [0.05, 0.1) is 131 Å². The average Bonchev–Trinajstić information content (AvgIpc) is 0.866. The van der Waals surface area contributed by atoms with Crippen molar-refractivity contribution in [3.8, 4) is 0 Å². The molecule has 0 aliphatic rings. The maximum atomic E-state index is 13.6. The lowest BCUT2D eigenvalue weighted by atomic mass is 10.0. The van der Waals surface area contributed by atoms with Crippen molar-refractivity contribution in [1.29, 1.82) is 0 Å². The lowest BCUT2D eigenvalue weighted by Gasteiger charge is -2.23. The first kappa shape index (κ1) is 83.4. The molecule has 28 nitrogen and oxygen atoms in total. The molecule has 4 atom stereocenters. The fourth-order valence-corrected chi connectivity index (χ4v) is 10.1. The number of aliphatic carboxylic acids is 2. The van der Waals surface area contributed by atoms with Crippen LogP contribution in [0.2, 0.25) is 20.1 Å². The molecule has 4 unspecified atom stereocenters. The SMILES string of the molecule is O=C(O)CC(NC(=O)C(COCCOCCOCCOCCNC(=O)CCCCC(=O)NCCOCCOCCOCCOCC(NC(=O)CCCCNc1ccccn1)C(=O)NC(CC(=O)O)c1cc(Cl)cc(Cl)c1)NC(=O)CCCCNc1ccccn1)c1cc(Cl)cc(Cl)c1. The molecule has 10 N–H and O–H groups in total. The molecular weight excluding hydrogens is 1360 g/mol. The smallest absolute Gasteiger partial charge is 0.305 e. The van der Waals surface area contributed by atoms with Gasteiger partial charge in [-0.2, -0.15) is 0 Å². The van der Waals surface area contributed by atoms with E-state index in [1.165, 1.54) is 36.4 Å². The van der Waals surface area contributed by atoms with E-state index >= 15 is 0 Å². The normalized spacial score (nSPS) is 12.3. The lowest BCUT2D eigenvalue weighted by Crippen LogP contribution is -2.50. The molecular formula is C66H92Cl4N10O18. The van der Waals surface area contributed by atoms with Crippen molar-refractivity contribution in [3.05, 3.63) is 116 Å². The van der Waals surface area contributed by atoms with Gasteiger partial charge in [0.15, 0.2) is 0 Å². The minimum Gasteiger partial charge on any atom is -0.481 e. The highest BCUT2D eigenvalue weighted by molar-refractivity contribution is 6.35.